The summed E-state index contributed by atoms with van der Waals surface area (Å²) in [6.07, 6.45) is 2.94. The fraction of sp³-hybridized carbons (Fsp3) is 0. The number of phenolic OH excluding ortho intramolecular Hbond substituents is 1. The molecule has 0 atom stereocenters. The highest BCUT2D eigenvalue weighted by molar-refractivity contribution is 5.80. The van der Waals surface area contributed by atoms with Crippen LogP contribution in [-0.2, 0) is 0 Å². The van der Waals surface area contributed by atoms with Gasteiger partial charge >= 0.3 is 0 Å². The Hall–Kier alpha value is -2.57. The second kappa shape index (κ2) is 4.30. The van der Waals surface area contributed by atoms with Crippen LogP contribution in [0.2, 0.25) is 0 Å². The van der Waals surface area contributed by atoms with E-state index >= 15 is 0 Å². The van der Waals surface area contributed by atoms with Crippen LogP contribution in [0, 0.1) is 0 Å². The molecule has 7 nitrogen and oxygen atoms in total. The molecule has 2 rings (SSSR count). The van der Waals surface area contributed by atoms with E-state index in [1.54, 1.807) is 30.5 Å². The molecule has 0 saturated carbocycles. The number of hydrogen-bond acceptors (Lipinski definition) is 6. The molecule has 0 amide bonds. The van der Waals surface area contributed by atoms with Gasteiger partial charge in [0.05, 0.1) is 6.21 Å². The maximum absolute atomic E-state index is 9.07. The molecule has 0 spiro atoms. The Bertz CT molecular complexity index is 489. The van der Waals surface area contributed by atoms with Crippen molar-refractivity contribution in [1.29, 1.82) is 0 Å². The summed E-state index contributed by atoms with van der Waals surface area (Å²) in [4.78, 5) is 0. The van der Waals surface area contributed by atoms with Gasteiger partial charge in [-0.3, -0.25) is 0 Å². The number of hydrazone groups is 1. The van der Waals surface area contributed by atoms with Crippen molar-refractivity contribution in [2.75, 3.05) is 11.3 Å². The highest BCUT2D eigenvalue weighted by Gasteiger charge is 1.96. The molecule has 0 aliphatic rings. The standard InChI is InChI=1S/C9H10N6O/c10-15-6-12-14-9(15)13-11-5-7-1-3-8(16)4-2-7/h1-6,16H,10H2,(H,13,14). The van der Waals surface area contributed by atoms with Gasteiger partial charge in [-0.25, -0.2) is 10.1 Å². The van der Waals surface area contributed by atoms with Gasteiger partial charge in [0.1, 0.15) is 12.1 Å². The fourth-order valence-corrected chi connectivity index (χ4v) is 1.05. The third-order valence-electron chi connectivity index (χ3n) is 1.84. The second-order valence-electron chi connectivity index (χ2n) is 3.02. The maximum atomic E-state index is 9.07. The minimum absolute atomic E-state index is 0.215. The molecule has 82 valence electrons. The molecular weight excluding hydrogens is 208 g/mol. The van der Waals surface area contributed by atoms with Crippen molar-refractivity contribution in [3.05, 3.63) is 36.2 Å². The van der Waals surface area contributed by atoms with E-state index in [4.69, 9.17) is 10.9 Å². The number of phenols is 1. The number of nitrogens with one attached hydrogen (secondary N) is 1. The van der Waals surface area contributed by atoms with Gasteiger partial charge in [-0.15, -0.1) is 10.2 Å². The first-order valence-corrected chi connectivity index (χ1v) is 4.49. The lowest BCUT2D eigenvalue weighted by Crippen LogP contribution is -2.10. The number of aromatic nitrogens is 3. The number of nitrogen functional groups attached to an aromatic ring is 1. The molecule has 1 aromatic carbocycles. The van der Waals surface area contributed by atoms with Crippen molar-refractivity contribution in [2.24, 2.45) is 5.10 Å². The lowest BCUT2D eigenvalue weighted by Gasteiger charge is -1.97. The highest BCUT2D eigenvalue weighted by Crippen LogP contribution is 2.07. The van der Waals surface area contributed by atoms with E-state index in [1.165, 1.54) is 11.0 Å². The minimum Gasteiger partial charge on any atom is -0.508 e. The van der Waals surface area contributed by atoms with E-state index in [0.717, 1.165) is 5.56 Å². The van der Waals surface area contributed by atoms with Crippen LogP contribution in [0.25, 0.3) is 0 Å². The van der Waals surface area contributed by atoms with Crippen molar-refractivity contribution in [1.82, 2.24) is 14.9 Å². The molecule has 0 unspecified atom stereocenters. The van der Waals surface area contributed by atoms with Crippen LogP contribution in [0.4, 0.5) is 5.95 Å². The van der Waals surface area contributed by atoms with Gasteiger partial charge in [0.25, 0.3) is 5.95 Å². The Morgan fingerprint density at radius 1 is 1.38 bits per heavy atom. The average molecular weight is 218 g/mol. The highest BCUT2D eigenvalue weighted by atomic mass is 16.3. The molecule has 0 bridgehead atoms. The smallest absolute Gasteiger partial charge is 0.263 e. The zero-order chi connectivity index (χ0) is 11.4. The van der Waals surface area contributed by atoms with Gasteiger partial charge in [0, 0.05) is 0 Å². The summed E-state index contributed by atoms with van der Waals surface area (Å²) in [6, 6.07) is 6.61. The fourth-order valence-electron chi connectivity index (χ4n) is 1.05. The lowest BCUT2D eigenvalue weighted by molar-refractivity contribution is 0.475. The summed E-state index contributed by atoms with van der Waals surface area (Å²) in [6.45, 7) is 0. The van der Waals surface area contributed by atoms with E-state index in [1.807, 2.05) is 0 Å². The summed E-state index contributed by atoms with van der Waals surface area (Å²) in [5.74, 6) is 6.02. The summed E-state index contributed by atoms with van der Waals surface area (Å²) in [7, 11) is 0. The first kappa shape index (κ1) is 9.97. The third kappa shape index (κ3) is 2.27. The Kier molecular flexibility index (Phi) is 2.68. The molecule has 0 fully saturated rings. The van der Waals surface area contributed by atoms with Crippen LogP contribution >= 0.6 is 0 Å². The van der Waals surface area contributed by atoms with E-state index in [2.05, 4.69) is 20.7 Å². The van der Waals surface area contributed by atoms with Crippen LogP contribution in [0.5, 0.6) is 5.75 Å². The molecule has 1 aromatic heterocycles. The van der Waals surface area contributed by atoms with Gasteiger partial charge in [0.15, 0.2) is 0 Å². The number of benzene rings is 1. The first-order valence-electron chi connectivity index (χ1n) is 4.49. The summed E-state index contributed by atoms with van der Waals surface area (Å²) < 4.78 is 1.22. The van der Waals surface area contributed by atoms with Crippen molar-refractivity contribution in [3.8, 4) is 5.75 Å². The van der Waals surface area contributed by atoms with E-state index in [0.29, 0.717) is 5.95 Å². The topological polar surface area (TPSA) is 101 Å². The second-order valence-corrected chi connectivity index (χ2v) is 3.02. The Morgan fingerprint density at radius 2 is 2.12 bits per heavy atom. The predicted octanol–water partition coefficient (Wildman–Crippen LogP) is 0.143. The quantitative estimate of drug-likeness (QED) is 0.386. The summed E-state index contributed by atoms with van der Waals surface area (Å²) >= 11 is 0. The Labute approximate surface area is 91.2 Å². The van der Waals surface area contributed by atoms with Gasteiger partial charge in [-0.1, -0.05) is 0 Å². The zero-order valence-electron chi connectivity index (χ0n) is 8.28. The molecule has 7 heteroatoms. The number of nitrogens with zero attached hydrogens (tertiary/aromatic N) is 4. The minimum atomic E-state index is 0.215. The molecule has 1 heterocycles. The van der Waals surface area contributed by atoms with Gasteiger partial charge in [-0.2, -0.15) is 5.10 Å². The molecule has 0 radical (unpaired) electrons. The van der Waals surface area contributed by atoms with Crippen molar-refractivity contribution in [2.45, 2.75) is 0 Å². The van der Waals surface area contributed by atoms with Crippen LogP contribution in [0.1, 0.15) is 5.56 Å². The third-order valence-corrected chi connectivity index (χ3v) is 1.84. The predicted molar refractivity (Wildman–Crippen MR) is 59.5 cm³/mol. The number of aromatic hydroxyl groups is 1. The molecule has 2 aromatic rings. The van der Waals surface area contributed by atoms with Gasteiger partial charge < -0.3 is 10.9 Å². The molecule has 0 aliphatic heterocycles. The van der Waals surface area contributed by atoms with Crippen molar-refractivity contribution < 1.29 is 5.11 Å². The molecule has 0 saturated heterocycles. The maximum Gasteiger partial charge on any atom is 0.263 e. The van der Waals surface area contributed by atoms with Gasteiger partial charge in [-0.05, 0) is 29.8 Å². The first-order chi connectivity index (χ1) is 7.75. The molecule has 0 aliphatic carbocycles. The van der Waals surface area contributed by atoms with Crippen LogP contribution in [-0.4, -0.2) is 26.2 Å². The van der Waals surface area contributed by atoms with Crippen molar-refractivity contribution >= 4 is 12.2 Å². The SMILES string of the molecule is Nn1cnnc1NN=Cc1ccc(O)cc1. The average Bonchev–Trinajstić information content (AvgIpc) is 2.68. The summed E-state index contributed by atoms with van der Waals surface area (Å²) in [5.41, 5.74) is 3.47. The van der Waals surface area contributed by atoms with E-state index < -0.39 is 0 Å². The molecule has 4 N–H and O–H groups in total. The Morgan fingerprint density at radius 3 is 2.75 bits per heavy atom. The Balaban J connectivity index is 2.00. The van der Waals surface area contributed by atoms with Crippen LogP contribution < -0.4 is 11.3 Å². The number of anilines is 1. The number of nitrogens with two attached hydrogens (primary N) is 1. The largest absolute Gasteiger partial charge is 0.508 e. The van der Waals surface area contributed by atoms with Crippen LogP contribution in [0.3, 0.4) is 0 Å². The normalized spacial score (nSPS) is 10.8. The molecular formula is C9H10N6O. The van der Waals surface area contributed by atoms with Gasteiger partial charge in [0.2, 0.25) is 0 Å². The lowest BCUT2D eigenvalue weighted by atomic mass is 10.2. The van der Waals surface area contributed by atoms with Crippen LogP contribution in [0.15, 0.2) is 35.7 Å². The number of rotatable bonds is 3. The number of hydrogen-bond donors (Lipinski definition) is 3. The van der Waals surface area contributed by atoms with Crippen molar-refractivity contribution in [3.63, 3.8) is 0 Å². The monoisotopic (exact) mass is 218 g/mol. The van der Waals surface area contributed by atoms with E-state index in [9.17, 15) is 0 Å². The zero-order valence-corrected chi connectivity index (χ0v) is 8.28. The molecule has 16 heavy (non-hydrogen) atoms. The van der Waals surface area contributed by atoms with E-state index in [-0.39, 0.29) is 5.75 Å². The summed E-state index contributed by atoms with van der Waals surface area (Å²) in [5, 5.41) is 20.2.